The molecule has 0 saturated carbocycles. The molecule has 4 rings (SSSR count). The molecule has 2 heteroatoms. The first-order valence-corrected chi connectivity index (χ1v) is 12.9. The standard InChI is InChI=1S/C29H28OSi/c1-2-25(23-29(30)24-15-7-3-8-16-24)31(26-17-9-4-10-18-26,27-19-11-5-12-20-27)28-21-13-6-14-22-28/h2-22,25,29-30H,1,23H2/t25-,29+/m0/s1. The van der Waals surface area contributed by atoms with Crippen molar-refractivity contribution in [1.82, 2.24) is 0 Å². The molecule has 4 aromatic rings. The second-order valence-corrected chi connectivity index (χ2v) is 12.0. The Hall–Kier alpha value is -3.20. The average Bonchev–Trinajstić information content (AvgIpc) is 2.86. The minimum atomic E-state index is -2.53. The van der Waals surface area contributed by atoms with E-state index in [4.69, 9.17) is 0 Å². The van der Waals surface area contributed by atoms with Gasteiger partial charge in [-0.05, 0) is 33.1 Å². The van der Waals surface area contributed by atoms with Crippen LogP contribution in [-0.4, -0.2) is 13.2 Å². The van der Waals surface area contributed by atoms with Crippen LogP contribution in [0.15, 0.2) is 134 Å². The van der Waals surface area contributed by atoms with Crippen LogP contribution in [0.2, 0.25) is 5.54 Å². The van der Waals surface area contributed by atoms with Gasteiger partial charge in [0.15, 0.2) is 8.07 Å². The van der Waals surface area contributed by atoms with E-state index in [0.29, 0.717) is 6.42 Å². The van der Waals surface area contributed by atoms with Gasteiger partial charge in [-0.2, -0.15) is 0 Å². The third-order valence-corrected chi connectivity index (χ3v) is 11.5. The summed E-state index contributed by atoms with van der Waals surface area (Å²) < 4.78 is 0. The second-order valence-electron chi connectivity index (χ2n) is 7.91. The van der Waals surface area contributed by atoms with Crippen molar-refractivity contribution >= 4 is 23.6 Å². The molecule has 0 unspecified atom stereocenters. The highest BCUT2D eigenvalue weighted by Crippen LogP contribution is 2.33. The van der Waals surface area contributed by atoms with Crippen LogP contribution in [-0.2, 0) is 0 Å². The molecule has 2 atom stereocenters. The van der Waals surface area contributed by atoms with E-state index in [9.17, 15) is 5.11 Å². The first-order valence-electron chi connectivity index (χ1n) is 10.8. The Morgan fingerprint density at radius 1 is 0.613 bits per heavy atom. The topological polar surface area (TPSA) is 20.2 Å². The lowest BCUT2D eigenvalue weighted by molar-refractivity contribution is 0.168. The third kappa shape index (κ3) is 4.18. The van der Waals surface area contributed by atoms with Gasteiger partial charge in [0.2, 0.25) is 0 Å². The lowest BCUT2D eigenvalue weighted by atomic mass is 10.0. The van der Waals surface area contributed by atoms with E-state index in [1.165, 1.54) is 15.6 Å². The van der Waals surface area contributed by atoms with E-state index in [1.807, 2.05) is 30.3 Å². The van der Waals surface area contributed by atoms with Gasteiger partial charge in [-0.25, -0.2) is 0 Å². The highest BCUT2D eigenvalue weighted by Gasteiger charge is 2.45. The third-order valence-electron chi connectivity index (χ3n) is 6.19. The molecule has 4 aromatic carbocycles. The molecular formula is C29H28OSi. The summed E-state index contributed by atoms with van der Waals surface area (Å²) in [6.07, 6.45) is 2.15. The number of hydrogen-bond donors (Lipinski definition) is 1. The van der Waals surface area contributed by atoms with Crippen LogP contribution in [0.4, 0.5) is 0 Å². The van der Waals surface area contributed by atoms with E-state index < -0.39 is 14.2 Å². The molecule has 0 bridgehead atoms. The van der Waals surface area contributed by atoms with Gasteiger partial charge < -0.3 is 5.11 Å². The van der Waals surface area contributed by atoms with Crippen LogP contribution < -0.4 is 15.6 Å². The normalized spacial score (nSPS) is 13.3. The molecule has 0 aliphatic carbocycles. The maximum absolute atomic E-state index is 11.2. The fourth-order valence-corrected chi connectivity index (χ4v) is 10.1. The minimum Gasteiger partial charge on any atom is -0.388 e. The zero-order valence-corrected chi connectivity index (χ0v) is 18.6. The fourth-order valence-electron chi connectivity index (χ4n) is 4.75. The van der Waals surface area contributed by atoms with Crippen molar-refractivity contribution in [2.75, 3.05) is 0 Å². The molecule has 154 valence electrons. The SMILES string of the molecule is C=C[C@@H](C[C@@H](O)c1ccccc1)[Si](c1ccccc1)(c1ccccc1)c1ccccc1. The Morgan fingerprint density at radius 3 is 1.32 bits per heavy atom. The summed E-state index contributed by atoms with van der Waals surface area (Å²) >= 11 is 0. The Bertz CT molecular complexity index is 982. The largest absolute Gasteiger partial charge is 0.388 e. The van der Waals surface area contributed by atoms with Crippen LogP contribution in [0.5, 0.6) is 0 Å². The Balaban J connectivity index is 1.93. The molecule has 31 heavy (non-hydrogen) atoms. The van der Waals surface area contributed by atoms with E-state index in [2.05, 4.69) is 104 Å². The van der Waals surface area contributed by atoms with E-state index >= 15 is 0 Å². The lowest BCUT2D eigenvalue weighted by Crippen LogP contribution is -2.69. The number of hydrogen-bond acceptors (Lipinski definition) is 1. The Morgan fingerprint density at radius 2 is 0.968 bits per heavy atom. The molecule has 0 aromatic heterocycles. The van der Waals surface area contributed by atoms with Crippen molar-refractivity contribution in [2.45, 2.75) is 18.1 Å². The summed E-state index contributed by atoms with van der Waals surface area (Å²) in [7, 11) is -2.53. The van der Waals surface area contributed by atoms with Gasteiger partial charge in [-0.1, -0.05) is 127 Å². The monoisotopic (exact) mass is 420 g/mol. The van der Waals surface area contributed by atoms with Crippen molar-refractivity contribution in [3.05, 3.63) is 140 Å². The van der Waals surface area contributed by atoms with E-state index in [0.717, 1.165) is 5.56 Å². The van der Waals surface area contributed by atoms with Gasteiger partial charge in [0.1, 0.15) is 0 Å². The maximum atomic E-state index is 11.2. The summed E-state index contributed by atoms with van der Waals surface area (Å²) in [6.45, 7) is 4.27. The zero-order chi connectivity index (χ0) is 21.5. The van der Waals surface area contributed by atoms with E-state index in [1.54, 1.807) is 0 Å². The maximum Gasteiger partial charge on any atom is 0.155 e. The summed E-state index contributed by atoms with van der Waals surface area (Å²) in [6, 6.07) is 42.4. The van der Waals surface area contributed by atoms with Crippen LogP contribution in [0, 0.1) is 0 Å². The highest BCUT2D eigenvalue weighted by molar-refractivity contribution is 7.12. The summed E-state index contributed by atoms with van der Waals surface area (Å²) in [4.78, 5) is 0. The zero-order valence-electron chi connectivity index (χ0n) is 17.6. The Labute approximate surface area is 186 Å². The van der Waals surface area contributed by atoms with Crippen molar-refractivity contribution < 1.29 is 5.11 Å². The predicted octanol–water partition coefficient (Wildman–Crippen LogP) is 4.84. The summed E-state index contributed by atoms with van der Waals surface area (Å²) in [5, 5.41) is 15.2. The number of aliphatic hydroxyl groups is 1. The molecule has 0 radical (unpaired) electrons. The van der Waals surface area contributed by atoms with Crippen LogP contribution >= 0.6 is 0 Å². The number of allylic oxidation sites excluding steroid dienone is 1. The molecule has 0 fully saturated rings. The first kappa shape index (κ1) is 21.0. The average molecular weight is 421 g/mol. The van der Waals surface area contributed by atoms with Gasteiger partial charge in [0.05, 0.1) is 6.10 Å². The van der Waals surface area contributed by atoms with Crippen molar-refractivity contribution in [3.8, 4) is 0 Å². The van der Waals surface area contributed by atoms with Gasteiger partial charge >= 0.3 is 0 Å². The number of aliphatic hydroxyl groups excluding tert-OH is 1. The predicted molar refractivity (Wildman–Crippen MR) is 134 cm³/mol. The van der Waals surface area contributed by atoms with Crippen LogP contribution in [0.3, 0.4) is 0 Å². The number of rotatable bonds is 8. The Kier molecular flexibility index (Phi) is 6.61. The molecule has 0 spiro atoms. The van der Waals surface area contributed by atoms with Gasteiger partial charge in [0.25, 0.3) is 0 Å². The quantitative estimate of drug-likeness (QED) is 0.246. The van der Waals surface area contributed by atoms with E-state index in [-0.39, 0.29) is 5.54 Å². The fraction of sp³-hybridized carbons (Fsp3) is 0.103. The van der Waals surface area contributed by atoms with Crippen molar-refractivity contribution in [3.63, 3.8) is 0 Å². The highest BCUT2D eigenvalue weighted by atomic mass is 28.3. The first-order chi connectivity index (χ1) is 15.3. The molecule has 0 aliphatic heterocycles. The smallest absolute Gasteiger partial charge is 0.155 e. The second kappa shape index (κ2) is 9.74. The number of benzene rings is 4. The molecule has 0 aliphatic rings. The van der Waals surface area contributed by atoms with Crippen molar-refractivity contribution in [1.29, 1.82) is 0 Å². The van der Waals surface area contributed by atoms with Crippen LogP contribution in [0.1, 0.15) is 18.1 Å². The van der Waals surface area contributed by atoms with Crippen LogP contribution in [0.25, 0.3) is 0 Å². The molecule has 0 amide bonds. The molecular weight excluding hydrogens is 392 g/mol. The lowest BCUT2D eigenvalue weighted by Gasteiger charge is -2.40. The molecule has 0 heterocycles. The molecule has 1 nitrogen and oxygen atoms in total. The minimum absolute atomic E-state index is 0.106. The van der Waals surface area contributed by atoms with Gasteiger partial charge in [0, 0.05) is 0 Å². The van der Waals surface area contributed by atoms with Crippen molar-refractivity contribution in [2.24, 2.45) is 0 Å². The van der Waals surface area contributed by atoms with Gasteiger partial charge in [-0.15, -0.1) is 6.58 Å². The van der Waals surface area contributed by atoms with Gasteiger partial charge in [-0.3, -0.25) is 0 Å². The summed E-state index contributed by atoms with van der Waals surface area (Å²) in [5.74, 6) is 0. The molecule has 0 saturated heterocycles. The summed E-state index contributed by atoms with van der Waals surface area (Å²) in [5.41, 5.74) is 1.06. The molecule has 1 N–H and O–H groups in total.